The van der Waals surface area contributed by atoms with Crippen molar-refractivity contribution in [3.8, 4) is 5.75 Å². The lowest BCUT2D eigenvalue weighted by atomic mass is 10.0. The van der Waals surface area contributed by atoms with Crippen molar-refractivity contribution in [2.45, 2.75) is 29.1 Å². The molecule has 1 fully saturated rings. The van der Waals surface area contributed by atoms with Gasteiger partial charge in [-0.25, -0.2) is 8.42 Å². The molecule has 3 rings (SSSR count). The number of hydrogen-bond donors (Lipinski definition) is 2. The minimum Gasteiger partial charge on any atom is -0.506 e. The third kappa shape index (κ3) is 5.41. The molecular formula is C23H24N2O5S2. The van der Waals surface area contributed by atoms with Crippen LogP contribution in [0.2, 0.25) is 0 Å². The molecule has 32 heavy (non-hydrogen) atoms. The summed E-state index contributed by atoms with van der Waals surface area (Å²) >= 11 is 1.28. The first-order valence-corrected chi connectivity index (χ1v) is 12.4. The van der Waals surface area contributed by atoms with E-state index in [1.807, 2.05) is 30.3 Å². The third-order valence-corrected chi connectivity index (χ3v) is 7.25. The SMILES string of the molecule is C=Cc1c(NS(=O)(=O)CCN2C(=O)CCCC2=O)cc(Sc2ccccc2)c(O)c1C=C. The maximum Gasteiger partial charge on any atom is 0.234 e. The van der Waals surface area contributed by atoms with Crippen molar-refractivity contribution in [1.82, 2.24) is 4.90 Å². The average Bonchev–Trinajstić information content (AvgIpc) is 2.75. The van der Waals surface area contributed by atoms with Crippen molar-refractivity contribution >= 4 is 51.4 Å². The molecule has 0 atom stereocenters. The van der Waals surface area contributed by atoms with Gasteiger partial charge in [-0.05, 0) is 24.6 Å². The highest BCUT2D eigenvalue weighted by Gasteiger charge is 2.27. The van der Waals surface area contributed by atoms with Gasteiger partial charge in [-0.15, -0.1) is 0 Å². The number of likely N-dealkylation sites (tertiary alicyclic amines) is 1. The van der Waals surface area contributed by atoms with Gasteiger partial charge in [0.2, 0.25) is 21.8 Å². The molecule has 2 N–H and O–H groups in total. The van der Waals surface area contributed by atoms with E-state index in [2.05, 4.69) is 17.9 Å². The normalized spacial score (nSPS) is 14.3. The summed E-state index contributed by atoms with van der Waals surface area (Å²) in [7, 11) is -3.91. The van der Waals surface area contributed by atoms with Crippen molar-refractivity contribution in [2.75, 3.05) is 17.0 Å². The number of imide groups is 1. The molecule has 2 amide bonds. The van der Waals surface area contributed by atoms with E-state index in [0.717, 1.165) is 9.80 Å². The fraction of sp³-hybridized carbons (Fsp3) is 0.217. The molecule has 0 radical (unpaired) electrons. The average molecular weight is 473 g/mol. The van der Waals surface area contributed by atoms with Crippen LogP contribution in [0.3, 0.4) is 0 Å². The number of aromatic hydroxyl groups is 1. The zero-order valence-electron chi connectivity index (χ0n) is 17.4. The highest BCUT2D eigenvalue weighted by Crippen LogP contribution is 2.42. The minimum absolute atomic E-state index is 0.0313. The van der Waals surface area contributed by atoms with Crippen molar-refractivity contribution in [3.05, 3.63) is 60.7 Å². The van der Waals surface area contributed by atoms with Gasteiger partial charge in [0.1, 0.15) is 5.75 Å². The van der Waals surface area contributed by atoms with Crippen LogP contribution in [-0.2, 0) is 19.6 Å². The second-order valence-electron chi connectivity index (χ2n) is 7.14. The number of hydrogen-bond acceptors (Lipinski definition) is 6. The van der Waals surface area contributed by atoms with Crippen molar-refractivity contribution in [2.24, 2.45) is 0 Å². The van der Waals surface area contributed by atoms with E-state index in [4.69, 9.17) is 0 Å². The zero-order chi connectivity index (χ0) is 23.3. The molecule has 1 heterocycles. The van der Waals surface area contributed by atoms with Gasteiger partial charge >= 0.3 is 0 Å². The van der Waals surface area contributed by atoms with Gasteiger partial charge < -0.3 is 5.11 Å². The number of nitrogens with zero attached hydrogens (tertiary/aromatic N) is 1. The molecule has 0 bridgehead atoms. The summed E-state index contributed by atoms with van der Waals surface area (Å²) in [6.45, 7) is 7.24. The second-order valence-corrected chi connectivity index (χ2v) is 10.1. The first-order valence-electron chi connectivity index (χ1n) is 9.97. The number of piperidine rings is 1. The largest absolute Gasteiger partial charge is 0.506 e. The summed E-state index contributed by atoms with van der Waals surface area (Å²) < 4.78 is 28.1. The number of sulfonamides is 1. The predicted octanol–water partition coefficient (Wildman–Crippen LogP) is 4.11. The van der Waals surface area contributed by atoms with Crippen LogP contribution in [0.1, 0.15) is 30.4 Å². The Hall–Kier alpha value is -3.04. The van der Waals surface area contributed by atoms with Crippen molar-refractivity contribution in [3.63, 3.8) is 0 Å². The van der Waals surface area contributed by atoms with E-state index in [0.29, 0.717) is 22.4 Å². The molecule has 7 nitrogen and oxygen atoms in total. The first kappa shape index (κ1) is 23.6. The Labute approximate surface area is 191 Å². The summed E-state index contributed by atoms with van der Waals surface area (Å²) in [6.07, 6.45) is 3.83. The van der Waals surface area contributed by atoms with Crippen LogP contribution in [0, 0.1) is 0 Å². The molecule has 0 aromatic heterocycles. The Morgan fingerprint density at radius 2 is 1.69 bits per heavy atom. The van der Waals surface area contributed by atoms with E-state index in [1.165, 1.54) is 30.0 Å². The second kappa shape index (κ2) is 10.1. The van der Waals surface area contributed by atoms with Gasteiger partial charge in [0, 0.05) is 35.4 Å². The van der Waals surface area contributed by atoms with Gasteiger partial charge in [0.25, 0.3) is 0 Å². The van der Waals surface area contributed by atoms with Crippen LogP contribution < -0.4 is 4.72 Å². The predicted molar refractivity (Wildman–Crippen MR) is 127 cm³/mol. The lowest BCUT2D eigenvalue weighted by Crippen LogP contribution is -2.43. The molecule has 1 aliphatic rings. The molecule has 168 valence electrons. The number of amides is 2. The smallest absolute Gasteiger partial charge is 0.234 e. The van der Waals surface area contributed by atoms with E-state index in [-0.39, 0.29) is 42.6 Å². The summed E-state index contributed by atoms with van der Waals surface area (Å²) in [4.78, 5) is 26.2. The molecule has 0 spiro atoms. The number of nitrogens with one attached hydrogen (secondary N) is 1. The highest BCUT2D eigenvalue weighted by atomic mass is 32.2. The Bertz CT molecular complexity index is 1140. The minimum atomic E-state index is -3.91. The number of phenols is 1. The van der Waals surface area contributed by atoms with Gasteiger partial charge in [-0.3, -0.25) is 19.2 Å². The molecule has 9 heteroatoms. The molecule has 0 saturated carbocycles. The van der Waals surface area contributed by atoms with Crippen molar-refractivity contribution in [1.29, 1.82) is 0 Å². The number of carbonyl (C=O) groups is 2. The highest BCUT2D eigenvalue weighted by molar-refractivity contribution is 7.99. The van der Waals surface area contributed by atoms with Gasteiger partial charge in [0.05, 0.1) is 16.3 Å². The Morgan fingerprint density at radius 3 is 2.28 bits per heavy atom. The Morgan fingerprint density at radius 1 is 1.06 bits per heavy atom. The third-order valence-electron chi connectivity index (χ3n) is 4.96. The number of carbonyl (C=O) groups excluding carboxylic acids is 2. The van der Waals surface area contributed by atoms with E-state index in [1.54, 1.807) is 0 Å². The standard InChI is InChI=1S/C23H24N2O5S2/c1-3-17-18(4-2)23(28)20(31-16-9-6-5-7-10-16)15-19(17)24-32(29,30)14-13-25-21(26)11-8-12-22(25)27/h3-7,9-10,15,24,28H,1-2,8,11-14H2. The van der Waals surface area contributed by atoms with Crippen LogP contribution in [0.15, 0.2) is 59.3 Å². The van der Waals surface area contributed by atoms with Gasteiger partial charge in [-0.2, -0.15) is 0 Å². The van der Waals surface area contributed by atoms with Gasteiger partial charge in [-0.1, -0.05) is 55.3 Å². The quantitative estimate of drug-likeness (QED) is 0.420. The first-order chi connectivity index (χ1) is 15.3. The summed E-state index contributed by atoms with van der Waals surface area (Å²) in [6, 6.07) is 10.9. The monoisotopic (exact) mass is 472 g/mol. The topological polar surface area (TPSA) is 104 Å². The molecule has 2 aromatic rings. The van der Waals surface area contributed by atoms with Crippen LogP contribution in [-0.4, -0.2) is 42.5 Å². The number of benzene rings is 2. The van der Waals surface area contributed by atoms with Crippen LogP contribution in [0.25, 0.3) is 12.2 Å². The maximum atomic E-state index is 12.8. The fourth-order valence-electron chi connectivity index (χ4n) is 3.37. The Balaban J connectivity index is 1.89. The summed E-state index contributed by atoms with van der Waals surface area (Å²) in [5, 5.41) is 10.7. The molecule has 2 aromatic carbocycles. The summed E-state index contributed by atoms with van der Waals surface area (Å²) in [5.74, 6) is -1.19. The van der Waals surface area contributed by atoms with E-state index in [9.17, 15) is 23.1 Å². The number of phenolic OH excluding ortho intramolecular Hbond substituents is 1. The molecule has 0 aliphatic carbocycles. The number of rotatable bonds is 9. The lowest BCUT2D eigenvalue weighted by Gasteiger charge is -2.25. The van der Waals surface area contributed by atoms with Crippen LogP contribution in [0.4, 0.5) is 5.69 Å². The van der Waals surface area contributed by atoms with E-state index >= 15 is 0 Å². The van der Waals surface area contributed by atoms with Gasteiger partial charge in [0.15, 0.2) is 0 Å². The molecule has 1 aliphatic heterocycles. The molecular weight excluding hydrogens is 448 g/mol. The van der Waals surface area contributed by atoms with Crippen LogP contribution in [0.5, 0.6) is 5.75 Å². The lowest BCUT2D eigenvalue weighted by molar-refractivity contribution is -0.147. The zero-order valence-corrected chi connectivity index (χ0v) is 19.0. The maximum absolute atomic E-state index is 12.8. The fourth-order valence-corrected chi connectivity index (χ4v) is 5.33. The van der Waals surface area contributed by atoms with E-state index < -0.39 is 15.8 Å². The number of anilines is 1. The molecule has 1 saturated heterocycles. The molecule has 0 unspecified atom stereocenters. The Kier molecular flexibility index (Phi) is 7.42. The van der Waals surface area contributed by atoms with Crippen LogP contribution >= 0.6 is 11.8 Å². The summed E-state index contributed by atoms with van der Waals surface area (Å²) in [5.41, 5.74) is 0.950. The van der Waals surface area contributed by atoms with Crippen molar-refractivity contribution < 1.29 is 23.1 Å².